The Balaban J connectivity index is 1.45. The number of hydrogen-bond acceptors (Lipinski definition) is 6. The lowest BCUT2D eigenvalue weighted by molar-refractivity contribution is -0.140. The lowest BCUT2D eigenvalue weighted by Gasteiger charge is -2.12. The highest BCUT2D eigenvalue weighted by Gasteiger charge is 2.33. The highest BCUT2D eigenvalue weighted by molar-refractivity contribution is 7.13. The lowest BCUT2D eigenvalue weighted by Crippen LogP contribution is -2.38. The molecule has 0 aliphatic carbocycles. The van der Waals surface area contributed by atoms with E-state index in [4.69, 9.17) is 4.98 Å². The Morgan fingerprint density at radius 3 is 2.62 bits per heavy atom. The number of thiazole rings is 2. The maximum atomic E-state index is 12.6. The van der Waals surface area contributed by atoms with Gasteiger partial charge in [0, 0.05) is 56.3 Å². The molecular weight excluding hydrogens is 421 g/mol. The number of aromatic nitrogens is 2. The number of anilines is 1. The molecule has 0 radical (unpaired) electrons. The number of rotatable bonds is 8. The first-order valence-electron chi connectivity index (χ1n) is 9.69. The van der Waals surface area contributed by atoms with Crippen LogP contribution in [0, 0.1) is 0 Å². The van der Waals surface area contributed by atoms with Gasteiger partial charge in [0.1, 0.15) is 0 Å². The van der Waals surface area contributed by atoms with E-state index in [1.165, 1.54) is 12.8 Å². The molecular formula is C18H25F3N6S2. The van der Waals surface area contributed by atoms with Gasteiger partial charge in [0.15, 0.2) is 16.8 Å². The second kappa shape index (κ2) is 10.2. The van der Waals surface area contributed by atoms with Crippen molar-refractivity contribution >= 4 is 33.8 Å². The predicted molar refractivity (Wildman–Crippen MR) is 112 cm³/mol. The van der Waals surface area contributed by atoms with E-state index in [1.54, 1.807) is 11.3 Å². The minimum Gasteiger partial charge on any atom is -0.357 e. The van der Waals surface area contributed by atoms with Crippen molar-refractivity contribution in [3.8, 4) is 0 Å². The summed E-state index contributed by atoms with van der Waals surface area (Å²) in [6, 6.07) is 0. The van der Waals surface area contributed by atoms with Crippen molar-refractivity contribution in [2.24, 2.45) is 4.99 Å². The van der Waals surface area contributed by atoms with Crippen molar-refractivity contribution in [1.29, 1.82) is 0 Å². The Morgan fingerprint density at radius 2 is 1.93 bits per heavy atom. The summed E-state index contributed by atoms with van der Waals surface area (Å²) in [5.41, 5.74) is 0.228. The average molecular weight is 447 g/mol. The molecule has 11 heteroatoms. The van der Waals surface area contributed by atoms with E-state index in [0.29, 0.717) is 37.0 Å². The largest absolute Gasteiger partial charge is 0.434 e. The topological polar surface area (TPSA) is 65.4 Å². The van der Waals surface area contributed by atoms with Crippen molar-refractivity contribution in [3.63, 3.8) is 0 Å². The monoisotopic (exact) mass is 446 g/mol. The first-order chi connectivity index (χ1) is 14.0. The summed E-state index contributed by atoms with van der Waals surface area (Å²) in [6.45, 7) is 5.91. The Labute approximate surface area is 176 Å². The molecule has 0 amide bonds. The van der Waals surface area contributed by atoms with Crippen LogP contribution in [0.4, 0.5) is 18.3 Å². The molecule has 0 spiro atoms. The smallest absolute Gasteiger partial charge is 0.357 e. The molecule has 3 heterocycles. The molecule has 0 saturated carbocycles. The van der Waals surface area contributed by atoms with E-state index < -0.39 is 11.9 Å². The lowest BCUT2D eigenvalue weighted by atomic mass is 10.3. The third kappa shape index (κ3) is 6.56. The van der Waals surface area contributed by atoms with Crippen LogP contribution in [0.5, 0.6) is 0 Å². The van der Waals surface area contributed by atoms with Crippen molar-refractivity contribution < 1.29 is 13.2 Å². The van der Waals surface area contributed by atoms with Gasteiger partial charge in [0.2, 0.25) is 0 Å². The van der Waals surface area contributed by atoms with Gasteiger partial charge < -0.3 is 15.5 Å². The van der Waals surface area contributed by atoms with Crippen LogP contribution in [0.25, 0.3) is 0 Å². The summed E-state index contributed by atoms with van der Waals surface area (Å²) in [4.78, 5) is 15.1. The SMILES string of the molecule is CCNC(=NCCc1nc(C(F)(F)F)cs1)NCCc1csc(N2CCCC2)n1. The summed E-state index contributed by atoms with van der Waals surface area (Å²) >= 11 is 2.70. The summed E-state index contributed by atoms with van der Waals surface area (Å²) < 4.78 is 37.8. The summed E-state index contributed by atoms with van der Waals surface area (Å²) in [5.74, 6) is 0.648. The molecule has 2 N–H and O–H groups in total. The fourth-order valence-electron chi connectivity index (χ4n) is 2.93. The van der Waals surface area contributed by atoms with Gasteiger partial charge in [-0.1, -0.05) is 0 Å². The number of hydrogen-bond donors (Lipinski definition) is 2. The summed E-state index contributed by atoms with van der Waals surface area (Å²) in [5, 5.41) is 11.1. The fraction of sp³-hybridized carbons (Fsp3) is 0.611. The van der Waals surface area contributed by atoms with Crippen LogP contribution in [0.3, 0.4) is 0 Å². The Hall–Kier alpha value is -1.88. The molecule has 1 saturated heterocycles. The number of nitrogens with zero attached hydrogens (tertiary/aromatic N) is 4. The molecule has 160 valence electrons. The molecule has 1 aliphatic heterocycles. The van der Waals surface area contributed by atoms with Crippen molar-refractivity contribution in [2.75, 3.05) is 37.6 Å². The molecule has 0 bridgehead atoms. The van der Waals surface area contributed by atoms with Crippen LogP contribution in [-0.2, 0) is 19.0 Å². The number of aliphatic imine (C=N–C) groups is 1. The summed E-state index contributed by atoms with van der Waals surface area (Å²) in [6.07, 6.45) is -0.757. The molecule has 2 aromatic heterocycles. The van der Waals surface area contributed by atoms with Gasteiger partial charge in [0.05, 0.1) is 10.7 Å². The molecule has 0 atom stereocenters. The average Bonchev–Trinajstić information content (AvgIpc) is 3.42. The molecule has 1 aliphatic rings. The Bertz CT molecular complexity index is 796. The number of guanidine groups is 1. The van der Waals surface area contributed by atoms with Crippen molar-refractivity contribution in [1.82, 2.24) is 20.6 Å². The van der Waals surface area contributed by atoms with E-state index in [0.717, 1.165) is 47.1 Å². The first-order valence-corrected chi connectivity index (χ1v) is 11.4. The van der Waals surface area contributed by atoms with Crippen molar-refractivity contribution in [2.45, 2.75) is 38.8 Å². The van der Waals surface area contributed by atoms with E-state index >= 15 is 0 Å². The van der Waals surface area contributed by atoms with Crippen molar-refractivity contribution in [3.05, 3.63) is 27.2 Å². The number of alkyl halides is 3. The second-order valence-corrected chi connectivity index (χ2v) is 8.41. The summed E-state index contributed by atoms with van der Waals surface area (Å²) in [7, 11) is 0. The minimum absolute atomic E-state index is 0.371. The van der Waals surface area contributed by atoms with Crippen LogP contribution in [0.15, 0.2) is 15.8 Å². The molecule has 3 rings (SSSR count). The maximum absolute atomic E-state index is 12.6. The van der Waals surface area contributed by atoms with Gasteiger partial charge in [-0.3, -0.25) is 4.99 Å². The third-order valence-corrected chi connectivity index (χ3v) is 6.23. The van der Waals surface area contributed by atoms with Crippen LogP contribution in [0.1, 0.15) is 36.2 Å². The van der Waals surface area contributed by atoms with Crippen LogP contribution in [0.2, 0.25) is 0 Å². The van der Waals surface area contributed by atoms with Gasteiger partial charge in [-0.15, -0.1) is 22.7 Å². The zero-order chi connectivity index (χ0) is 20.7. The molecule has 1 fully saturated rings. The quantitative estimate of drug-likeness (QED) is 0.480. The second-order valence-electron chi connectivity index (χ2n) is 6.63. The molecule has 0 aromatic carbocycles. The van der Waals surface area contributed by atoms with E-state index in [-0.39, 0.29) is 0 Å². The van der Waals surface area contributed by atoms with Gasteiger partial charge in [-0.2, -0.15) is 13.2 Å². The van der Waals surface area contributed by atoms with Crippen LogP contribution in [-0.4, -0.2) is 48.7 Å². The van der Waals surface area contributed by atoms with E-state index in [2.05, 4.69) is 30.9 Å². The highest BCUT2D eigenvalue weighted by atomic mass is 32.1. The number of nitrogens with one attached hydrogen (secondary N) is 2. The Kier molecular flexibility index (Phi) is 7.70. The van der Waals surface area contributed by atoms with Gasteiger partial charge >= 0.3 is 6.18 Å². The van der Waals surface area contributed by atoms with Crippen LogP contribution < -0.4 is 15.5 Å². The molecule has 6 nitrogen and oxygen atoms in total. The molecule has 2 aromatic rings. The highest BCUT2D eigenvalue weighted by Crippen LogP contribution is 2.30. The van der Waals surface area contributed by atoms with E-state index in [1.807, 2.05) is 6.92 Å². The third-order valence-electron chi connectivity index (χ3n) is 4.37. The van der Waals surface area contributed by atoms with E-state index in [9.17, 15) is 13.2 Å². The standard InChI is InChI=1S/C18H25F3N6S2/c1-2-22-16(24-8-6-15-26-14(12-28-15)18(19,20)21)23-7-5-13-11-29-17(25-13)27-9-3-4-10-27/h11-12H,2-10H2,1H3,(H2,22,23,24). The predicted octanol–water partition coefficient (Wildman–Crippen LogP) is 3.56. The first kappa shape index (κ1) is 21.8. The van der Waals surface area contributed by atoms with Gasteiger partial charge in [0.25, 0.3) is 0 Å². The van der Waals surface area contributed by atoms with Gasteiger partial charge in [-0.25, -0.2) is 9.97 Å². The maximum Gasteiger partial charge on any atom is 0.434 e. The fourth-order valence-corrected chi connectivity index (χ4v) is 4.64. The molecule has 29 heavy (non-hydrogen) atoms. The minimum atomic E-state index is -4.39. The molecule has 0 unspecified atom stereocenters. The van der Waals surface area contributed by atoms with Crippen LogP contribution >= 0.6 is 22.7 Å². The van der Waals surface area contributed by atoms with Gasteiger partial charge in [-0.05, 0) is 19.8 Å². The normalized spacial score (nSPS) is 15.2. The zero-order valence-corrected chi connectivity index (χ0v) is 17.9. The zero-order valence-electron chi connectivity index (χ0n) is 16.3. The number of halogens is 3. The Morgan fingerprint density at radius 1 is 1.14 bits per heavy atom.